The normalized spacial score (nSPS) is 12.9. The number of benzene rings is 3. The summed E-state index contributed by atoms with van der Waals surface area (Å²) in [7, 11) is -3.97. The fourth-order valence-electron chi connectivity index (χ4n) is 3.81. The number of fused-ring (bicyclic) bond motifs is 1. The number of halogens is 1. The number of carbonyl (C=O) groups excluding carboxylic acids is 2. The molecule has 8 nitrogen and oxygen atoms in total. The van der Waals surface area contributed by atoms with Crippen LogP contribution in [0.15, 0.2) is 71.6 Å². The number of nitrogens with zero attached hydrogens (tertiary/aromatic N) is 1. The van der Waals surface area contributed by atoms with Gasteiger partial charge in [0.05, 0.1) is 15.1 Å². The molecule has 0 aliphatic carbocycles. The van der Waals surface area contributed by atoms with E-state index in [0.717, 1.165) is 15.8 Å². The van der Waals surface area contributed by atoms with E-state index in [-0.39, 0.29) is 16.7 Å². The quantitative estimate of drug-likeness (QED) is 0.223. The van der Waals surface area contributed by atoms with Gasteiger partial charge in [0.2, 0.25) is 10.0 Å². The second-order valence-electron chi connectivity index (χ2n) is 10.6. The van der Waals surface area contributed by atoms with E-state index >= 15 is 0 Å². The second kappa shape index (κ2) is 11.7. The Morgan fingerprint density at radius 3 is 2.12 bits per heavy atom. The number of esters is 1. The minimum absolute atomic E-state index is 0.0338. The fourth-order valence-corrected chi connectivity index (χ4v) is 6.15. The zero-order valence-corrected chi connectivity index (χ0v) is 25.1. The predicted octanol–water partition coefficient (Wildman–Crippen LogP) is 6.51. The van der Waals surface area contributed by atoms with Crippen molar-refractivity contribution < 1.29 is 22.7 Å². The topological polar surface area (TPSA) is 114 Å². The molecule has 0 bridgehead atoms. The Balaban J connectivity index is 1.44. The van der Waals surface area contributed by atoms with Gasteiger partial charge in [0, 0.05) is 10.7 Å². The number of thiazole rings is 1. The van der Waals surface area contributed by atoms with Gasteiger partial charge in [0.1, 0.15) is 11.6 Å². The molecular formula is C29H30ClN3O5S2. The van der Waals surface area contributed by atoms with Gasteiger partial charge in [0.25, 0.3) is 5.91 Å². The molecule has 1 heterocycles. The molecule has 0 saturated heterocycles. The molecule has 0 aliphatic heterocycles. The van der Waals surface area contributed by atoms with Crippen molar-refractivity contribution in [3.05, 3.63) is 76.8 Å². The van der Waals surface area contributed by atoms with Crippen LogP contribution in [-0.2, 0) is 19.6 Å². The molecule has 1 aromatic heterocycles. The lowest BCUT2D eigenvalue weighted by Crippen LogP contribution is -2.47. The number of hydrogen-bond acceptors (Lipinski definition) is 7. The maximum Gasteiger partial charge on any atom is 0.324 e. The third-order valence-corrected chi connectivity index (χ3v) is 8.52. The van der Waals surface area contributed by atoms with Crippen LogP contribution in [0, 0.1) is 5.92 Å². The average molecular weight is 600 g/mol. The number of amides is 1. The van der Waals surface area contributed by atoms with Crippen molar-refractivity contribution in [2.45, 2.75) is 51.2 Å². The van der Waals surface area contributed by atoms with Crippen molar-refractivity contribution in [3.8, 4) is 11.1 Å². The third kappa shape index (κ3) is 7.25. The summed E-state index contributed by atoms with van der Waals surface area (Å²) in [5.74, 6) is -1.25. The van der Waals surface area contributed by atoms with Gasteiger partial charge < -0.3 is 10.1 Å². The molecule has 4 aromatic rings. The summed E-state index contributed by atoms with van der Waals surface area (Å²) in [6, 6.07) is 17.8. The summed E-state index contributed by atoms with van der Waals surface area (Å²) in [6.45, 7) is 8.70. The Bertz CT molecular complexity index is 1640. The highest BCUT2D eigenvalue weighted by molar-refractivity contribution is 7.89. The molecule has 1 amide bonds. The first-order valence-electron chi connectivity index (χ1n) is 12.5. The molecule has 0 aliphatic rings. The monoisotopic (exact) mass is 599 g/mol. The Hall–Kier alpha value is -3.31. The first-order chi connectivity index (χ1) is 18.7. The summed E-state index contributed by atoms with van der Waals surface area (Å²) in [5, 5.41) is 3.73. The molecule has 3 aromatic carbocycles. The Morgan fingerprint density at radius 2 is 1.55 bits per heavy atom. The van der Waals surface area contributed by atoms with E-state index in [4.69, 9.17) is 16.3 Å². The first kappa shape index (κ1) is 29.7. The van der Waals surface area contributed by atoms with E-state index < -0.39 is 27.6 Å². The lowest BCUT2D eigenvalue weighted by molar-refractivity contribution is -0.158. The molecule has 1 atom stereocenters. The number of hydrogen-bond donors (Lipinski definition) is 2. The predicted molar refractivity (Wildman–Crippen MR) is 159 cm³/mol. The fraction of sp³-hybridized carbons (Fsp3) is 0.276. The number of sulfonamides is 1. The first-order valence-corrected chi connectivity index (χ1v) is 15.2. The molecule has 4 rings (SSSR count). The summed E-state index contributed by atoms with van der Waals surface area (Å²) in [5.41, 5.74) is 2.14. The maximum absolute atomic E-state index is 13.0. The maximum atomic E-state index is 13.0. The van der Waals surface area contributed by atoms with Gasteiger partial charge in [-0.2, -0.15) is 4.72 Å². The van der Waals surface area contributed by atoms with Gasteiger partial charge in [0.15, 0.2) is 5.01 Å². The molecule has 11 heteroatoms. The number of rotatable bonds is 8. The number of aromatic nitrogens is 1. The molecule has 0 spiro atoms. The summed E-state index contributed by atoms with van der Waals surface area (Å²) in [6.07, 6.45) is 0. The van der Waals surface area contributed by atoms with Crippen molar-refractivity contribution in [1.82, 2.24) is 9.71 Å². The van der Waals surface area contributed by atoms with Crippen LogP contribution in [0.4, 0.5) is 5.69 Å². The highest BCUT2D eigenvalue weighted by atomic mass is 35.5. The van der Waals surface area contributed by atoms with Gasteiger partial charge in [-0.1, -0.05) is 49.7 Å². The van der Waals surface area contributed by atoms with Gasteiger partial charge >= 0.3 is 5.97 Å². The second-order valence-corrected chi connectivity index (χ2v) is 13.7. The van der Waals surface area contributed by atoms with Crippen molar-refractivity contribution in [1.29, 1.82) is 0 Å². The van der Waals surface area contributed by atoms with Crippen LogP contribution in [0.2, 0.25) is 5.02 Å². The number of ether oxygens (including phenoxy) is 1. The lowest BCUT2D eigenvalue weighted by Gasteiger charge is -2.26. The van der Waals surface area contributed by atoms with Crippen LogP contribution >= 0.6 is 22.9 Å². The molecule has 1 unspecified atom stereocenters. The van der Waals surface area contributed by atoms with Crippen LogP contribution < -0.4 is 10.0 Å². The van der Waals surface area contributed by atoms with E-state index in [1.807, 2.05) is 18.2 Å². The SMILES string of the molecule is CC(C)C(NS(=O)(=O)c1ccc(-c2ccc(NC(=O)c3nc4cc(Cl)ccc4s3)cc2)cc1)C(=O)OC(C)(C)C. The van der Waals surface area contributed by atoms with E-state index in [9.17, 15) is 18.0 Å². The molecule has 0 radical (unpaired) electrons. The van der Waals surface area contributed by atoms with Crippen LogP contribution in [0.1, 0.15) is 44.4 Å². The standard InChI is InChI=1S/C29H30ClN3O5S2/c1-17(2)25(28(35)38-29(3,4)5)33-40(36,37)22-13-8-19(9-14-22)18-6-11-21(12-7-18)31-26(34)27-32-23-16-20(30)10-15-24(23)39-27/h6-17,25,33H,1-5H3,(H,31,34). The average Bonchev–Trinajstić information content (AvgIpc) is 3.30. The molecular weight excluding hydrogens is 570 g/mol. The summed E-state index contributed by atoms with van der Waals surface area (Å²) in [4.78, 5) is 29.7. The van der Waals surface area contributed by atoms with Crippen LogP contribution in [0.25, 0.3) is 21.3 Å². The summed E-state index contributed by atoms with van der Waals surface area (Å²) >= 11 is 7.29. The van der Waals surface area contributed by atoms with Crippen LogP contribution in [-0.4, -0.2) is 36.9 Å². The van der Waals surface area contributed by atoms with E-state index in [1.54, 1.807) is 71.0 Å². The van der Waals surface area contributed by atoms with Crippen molar-refractivity contribution >= 4 is 60.7 Å². The van der Waals surface area contributed by atoms with Crippen molar-refractivity contribution in [2.24, 2.45) is 5.92 Å². The van der Waals surface area contributed by atoms with E-state index in [2.05, 4.69) is 15.0 Å². The number of nitrogens with one attached hydrogen (secondary N) is 2. The molecule has 0 saturated carbocycles. The van der Waals surface area contributed by atoms with Gasteiger partial charge in [-0.15, -0.1) is 11.3 Å². The van der Waals surface area contributed by atoms with Crippen molar-refractivity contribution in [2.75, 3.05) is 5.32 Å². The third-order valence-electron chi connectivity index (χ3n) is 5.79. The molecule has 40 heavy (non-hydrogen) atoms. The highest BCUT2D eigenvalue weighted by Crippen LogP contribution is 2.27. The van der Waals surface area contributed by atoms with Crippen LogP contribution in [0.5, 0.6) is 0 Å². The lowest BCUT2D eigenvalue weighted by atomic mass is 10.1. The minimum atomic E-state index is -3.97. The minimum Gasteiger partial charge on any atom is -0.459 e. The largest absolute Gasteiger partial charge is 0.459 e. The molecule has 210 valence electrons. The Morgan fingerprint density at radius 1 is 0.950 bits per heavy atom. The van der Waals surface area contributed by atoms with E-state index in [1.165, 1.54) is 23.5 Å². The summed E-state index contributed by atoms with van der Waals surface area (Å²) < 4.78 is 34.8. The Labute approximate surface area is 242 Å². The number of anilines is 1. The zero-order valence-electron chi connectivity index (χ0n) is 22.7. The van der Waals surface area contributed by atoms with Gasteiger partial charge in [-0.05, 0) is 80.3 Å². The smallest absolute Gasteiger partial charge is 0.324 e. The van der Waals surface area contributed by atoms with Crippen LogP contribution in [0.3, 0.4) is 0 Å². The van der Waals surface area contributed by atoms with Gasteiger partial charge in [-0.3, -0.25) is 9.59 Å². The van der Waals surface area contributed by atoms with E-state index in [0.29, 0.717) is 21.2 Å². The van der Waals surface area contributed by atoms with Crippen molar-refractivity contribution in [3.63, 3.8) is 0 Å². The highest BCUT2D eigenvalue weighted by Gasteiger charge is 2.32. The van der Waals surface area contributed by atoms with Gasteiger partial charge in [-0.25, -0.2) is 13.4 Å². The number of carbonyl (C=O) groups is 2. The molecule has 2 N–H and O–H groups in total. The molecule has 0 fully saturated rings. The Kier molecular flexibility index (Phi) is 8.65. The zero-order chi connectivity index (χ0) is 29.2.